The Morgan fingerprint density at radius 1 is 0.976 bits per heavy atom. The number of carbonyl (C=O) groups excluding carboxylic acids is 1. The summed E-state index contributed by atoms with van der Waals surface area (Å²) in [6.07, 6.45) is 3.16. The summed E-state index contributed by atoms with van der Waals surface area (Å²) in [5, 5.41) is 4.45. The molecule has 1 aliphatic carbocycles. The first-order valence-electron chi connectivity index (χ1n) is 12.5. The molecule has 1 aliphatic heterocycles. The van der Waals surface area contributed by atoms with Crippen molar-refractivity contribution in [2.24, 2.45) is 5.41 Å². The second kappa shape index (κ2) is 9.70. The van der Waals surface area contributed by atoms with Gasteiger partial charge in [-0.2, -0.15) is 22.6 Å². The summed E-state index contributed by atoms with van der Waals surface area (Å²) in [5.41, 5.74) is 0.381. The molecule has 2 aromatic heterocycles. The Morgan fingerprint density at radius 3 is 2.37 bits per heavy atom. The van der Waals surface area contributed by atoms with Gasteiger partial charge in [0.15, 0.2) is 5.78 Å². The van der Waals surface area contributed by atoms with Gasteiger partial charge in [-0.25, -0.2) is 22.5 Å². The van der Waals surface area contributed by atoms with Gasteiger partial charge in [-0.3, -0.25) is 9.78 Å². The molecule has 1 saturated heterocycles. The van der Waals surface area contributed by atoms with Crippen molar-refractivity contribution >= 4 is 21.9 Å². The number of nitrogens with zero attached hydrogens (tertiary/aromatic N) is 5. The van der Waals surface area contributed by atoms with Gasteiger partial charge in [-0.1, -0.05) is 5.57 Å². The van der Waals surface area contributed by atoms with E-state index in [0.29, 0.717) is 22.5 Å². The van der Waals surface area contributed by atoms with Crippen molar-refractivity contribution in [1.29, 1.82) is 0 Å². The van der Waals surface area contributed by atoms with Gasteiger partial charge in [0.2, 0.25) is 10.0 Å². The zero-order valence-corrected chi connectivity index (χ0v) is 22.0. The molecule has 1 fully saturated rings. The predicted octanol–water partition coefficient (Wildman–Crippen LogP) is 4.72. The average molecular weight is 584 g/mol. The molecule has 0 radical (unpaired) electrons. The highest BCUT2D eigenvalue weighted by Crippen LogP contribution is 2.47. The van der Waals surface area contributed by atoms with E-state index in [2.05, 4.69) is 15.1 Å². The molecule has 0 amide bonds. The van der Waals surface area contributed by atoms with E-state index >= 15 is 0 Å². The molecule has 0 N–H and O–H groups in total. The summed E-state index contributed by atoms with van der Waals surface area (Å²) in [7, 11) is -4.25. The molecule has 210 valence electrons. The van der Waals surface area contributed by atoms with Gasteiger partial charge in [0.1, 0.15) is 11.5 Å². The van der Waals surface area contributed by atoms with Crippen LogP contribution in [0.3, 0.4) is 0 Å². The minimum atomic E-state index is -4.61. The van der Waals surface area contributed by atoms with E-state index in [-0.39, 0.29) is 36.5 Å². The van der Waals surface area contributed by atoms with Gasteiger partial charge in [0.25, 0.3) is 0 Å². The average Bonchev–Trinajstić information content (AvgIpc) is 3.37. The summed E-state index contributed by atoms with van der Waals surface area (Å²) in [5.74, 6) is -0.826. The van der Waals surface area contributed by atoms with Crippen molar-refractivity contribution in [3.05, 3.63) is 107 Å². The van der Waals surface area contributed by atoms with Crippen molar-refractivity contribution in [3.63, 3.8) is 0 Å². The number of Topliss-reactive ketones (excluding diaryl/α,β-unsaturated/α-hetero) is 1. The van der Waals surface area contributed by atoms with Gasteiger partial charge < -0.3 is 0 Å². The van der Waals surface area contributed by atoms with Crippen LogP contribution in [-0.2, 0) is 22.6 Å². The lowest BCUT2D eigenvalue weighted by Gasteiger charge is -2.44. The lowest BCUT2D eigenvalue weighted by atomic mass is 9.65. The minimum absolute atomic E-state index is 0.00467. The van der Waals surface area contributed by atoms with Crippen LogP contribution in [0.15, 0.2) is 83.8 Å². The summed E-state index contributed by atoms with van der Waals surface area (Å²) in [6, 6.07) is 9.06. The van der Waals surface area contributed by atoms with Crippen LogP contribution in [0.4, 0.5) is 17.6 Å². The summed E-state index contributed by atoms with van der Waals surface area (Å²) in [6.45, 7) is -0.247. The van der Waals surface area contributed by atoms with Crippen LogP contribution in [0.2, 0.25) is 0 Å². The number of fused-ring (bicyclic) bond motifs is 2. The first-order valence-corrected chi connectivity index (χ1v) is 14.0. The number of rotatable bonds is 5. The Balaban J connectivity index is 1.41. The van der Waals surface area contributed by atoms with Gasteiger partial charge in [-0.15, -0.1) is 0 Å². The first-order chi connectivity index (χ1) is 19.5. The van der Waals surface area contributed by atoms with E-state index in [0.717, 1.165) is 28.6 Å². The highest BCUT2D eigenvalue weighted by atomic mass is 32.2. The number of carbonyl (C=O) groups is 1. The molecule has 0 spiro atoms. The Bertz CT molecular complexity index is 1770. The quantitative estimate of drug-likeness (QED) is 0.249. The fourth-order valence-electron chi connectivity index (χ4n) is 5.44. The molecule has 3 heterocycles. The van der Waals surface area contributed by atoms with Crippen molar-refractivity contribution < 1.29 is 30.8 Å². The Hall–Kier alpha value is -4.23. The Kier molecular flexibility index (Phi) is 6.38. The van der Waals surface area contributed by atoms with E-state index < -0.39 is 38.8 Å². The standard InChI is InChI=1S/C28H21F4N5O3S/c29-21-3-5-22(6-4-21)37-25-13-20-9-12-36(41(39,40)23-7-1-19(2-8-23)28(30,31)32)17-27(20,14-18(25)15-35-37)26(38)24-16-33-10-11-34-24/h1-8,10-11,13,15-16H,9,12,14,17H2. The fraction of sp³-hybridized carbons (Fsp3) is 0.214. The SMILES string of the molecule is O=C(c1cnccn1)C12Cc3cnn(-c4ccc(F)cc4)c3C=C1CCN(S(=O)(=O)c1ccc(C(F)(F)F)cc1)C2. The number of alkyl halides is 3. The third-order valence-electron chi connectivity index (χ3n) is 7.50. The Morgan fingerprint density at radius 2 is 1.71 bits per heavy atom. The van der Waals surface area contributed by atoms with Gasteiger partial charge in [-0.05, 0) is 73.0 Å². The molecule has 1 unspecified atom stereocenters. The van der Waals surface area contributed by atoms with Crippen molar-refractivity contribution in [2.75, 3.05) is 13.1 Å². The molecule has 0 saturated carbocycles. The molecule has 13 heteroatoms. The maximum Gasteiger partial charge on any atom is 0.416 e. The van der Waals surface area contributed by atoms with Crippen molar-refractivity contribution in [3.8, 4) is 5.69 Å². The molecule has 0 bridgehead atoms. The van der Waals surface area contributed by atoms with E-state index in [9.17, 15) is 30.8 Å². The minimum Gasteiger partial charge on any atom is -0.291 e. The van der Waals surface area contributed by atoms with Crippen molar-refractivity contribution in [1.82, 2.24) is 24.1 Å². The molecule has 41 heavy (non-hydrogen) atoms. The maximum atomic E-state index is 14.1. The van der Waals surface area contributed by atoms with E-state index in [1.165, 1.54) is 30.7 Å². The lowest BCUT2D eigenvalue weighted by molar-refractivity contribution is -0.137. The lowest BCUT2D eigenvalue weighted by Crippen LogP contribution is -2.53. The highest BCUT2D eigenvalue weighted by Gasteiger charge is 2.51. The zero-order chi connectivity index (χ0) is 29.0. The fourth-order valence-corrected chi connectivity index (χ4v) is 6.94. The number of hydrogen-bond acceptors (Lipinski definition) is 6. The van der Waals surface area contributed by atoms with Gasteiger partial charge >= 0.3 is 6.18 Å². The topological polar surface area (TPSA) is 98.1 Å². The van der Waals surface area contributed by atoms with Crippen LogP contribution in [-0.4, -0.2) is 51.3 Å². The monoisotopic (exact) mass is 583 g/mol. The third-order valence-corrected chi connectivity index (χ3v) is 9.36. The summed E-state index contributed by atoms with van der Waals surface area (Å²) in [4.78, 5) is 21.9. The van der Waals surface area contributed by atoms with Crippen LogP contribution in [0.1, 0.15) is 33.7 Å². The smallest absolute Gasteiger partial charge is 0.291 e. The molecule has 2 aromatic carbocycles. The highest BCUT2D eigenvalue weighted by molar-refractivity contribution is 7.89. The Labute approximate surface area is 232 Å². The number of ketones is 1. The second-order valence-corrected chi connectivity index (χ2v) is 11.8. The number of benzene rings is 2. The van der Waals surface area contributed by atoms with Gasteiger partial charge in [0.05, 0.1) is 39.6 Å². The molecule has 8 nitrogen and oxygen atoms in total. The molecular weight excluding hydrogens is 562 g/mol. The van der Waals surface area contributed by atoms with Crippen LogP contribution in [0.5, 0.6) is 0 Å². The predicted molar refractivity (Wildman–Crippen MR) is 139 cm³/mol. The normalized spacial score (nSPS) is 19.3. The largest absolute Gasteiger partial charge is 0.416 e. The number of halogens is 4. The van der Waals surface area contributed by atoms with Crippen LogP contribution < -0.4 is 0 Å². The van der Waals surface area contributed by atoms with E-state index in [1.54, 1.807) is 23.0 Å². The number of hydrogen-bond donors (Lipinski definition) is 0. The molecule has 1 atom stereocenters. The molecule has 4 aromatic rings. The number of aromatic nitrogens is 4. The number of sulfonamides is 1. The molecule has 2 aliphatic rings. The zero-order valence-electron chi connectivity index (χ0n) is 21.2. The third kappa shape index (κ3) is 4.64. The summed E-state index contributed by atoms with van der Waals surface area (Å²) < 4.78 is 82.7. The molecular formula is C28H21F4N5O3S. The van der Waals surface area contributed by atoms with Crippen molar-refractivity contribution in [2.45, 2.75) is 23.9 Å². The van der Waals surface area contributed by atoms with Crippen LogP contribution in [0.25, 0.3) is 11.8 Å². The van der Waals surface area contributed by atoms with Crippen LogP contribution in [0, 0.1) is 11.2 Å². The van der Waals surface area contributed by atoms with Gasteiger partial charge in [0, 0.05) is 25.5 Å². The number of piperidine rings is 1. The van der Waals surface area contributed by atoms with E-state index in [1.807, 2.05) is 6.08 Å². The van der Waals surface area contributed by atoms with E-state index in [4.69, 9.17) is 0 Å². The summed E-state index contributed by atoms with van der Waals surface area (Å²) >= 11 is 0. The maximum absolute atomic E-state index is 14.1. The second-order valence-electron chi connectivity index (χ2n) is 9.90. The van der Waals surface area contributed by atoms with Crippen LogP contribution >= 0.6 is 0 Å². The first kappa shape index (κ1) is 27.0. The molecule has 6 rings (SSSR count).